The first kappa shape index (κ1) is 18.6. The van der Waals surface area contributed by atoms with Crippen LogP contribution in [-0.2, 0) is 21.3 Å². The second-order valence-electron chi connectivity index (χ2n) is 5.47. The summed E-state index contributed by atoms with van der Waals surface area (Å²) in [5.41, 5.74) is 0.356. The van der Waals surface area contributed by atoms with Crippen molar-refractivity contribution in [3.05, 3.63) is 28.2 Å². The maximum atomic E-state index is 12.5. The van der Waals surface area contributed by atoms with E-state index in [1.54, 1.807) is 27.0 Å². The smallest absolute Gasteiger partial charge is 0.242 e. The number of hydrogen-bond donors (Lipinski definition) is 2. The highest BCUT2D eigenvalue weighted by Crippen LogP contribution is 2.24. The maximum Gasteiger partial charge on any atom is 0.242 e. The number of hydrogen-bond acceptors (Lipinski definition) is 4. The molecule has 0 aliphatic heterocycles. The zero-order valence-electron chi connectivity index (χ0n) is 12.9. The quantitative estimate of drug-likeness (QED) is 0.727. The number of methoxy groups -OCH3 is 1. The molecule has 1 aromatic carbocycles. The fourth-order valence-corrected chi connectivity index (χ4v) is 4.48. The molecule has 0 saturated heterocycles. The molecule has 21 heavy (non-hydrogen) atoms. The summed E-state index contributed by atoms with van der Waals surface area (Å²) in [6, 6.07) is 5.24. The van der Waals surface area contributed by atoms with Gasteiger partial charge in [0.2, 0.25) is 10.0 Å². The molecule has 0 amide bonds. The molecule has 1 aromatic rings. The second kappa shape index (κ2) is 7.69. The first-order chi connectivity index (χ1) is 9.72. The van der Waals surface area contributed by atoms with Crippen molar-refractivity contribution in [2.24, 2.45) is 0 Å². The van der Waals surface area contributed by atoms with Crippen LogP contribution in [0.2, 0.25) is 0 Å². The van der Waals surface area contributed by atoms with Crippen LogP contribution in [0.3, 0.4) is 0 Å². The second-order valence-corrected chi connectivity index (χ2v) is 7.97. The first-order valence-corrected chi connectivity index (χ1v) is 9.01. The highest BCUT2D eigenvalue weighted by molar-refractivity contribution is 9.10. The van der Waals surface area contributed by atoms with E-state index in [4.69, 9.17) is 4.74 Å². The van der Waals surface area contributed by atoms with Gasteiger partial charge in [-0.05, 0) is 54.0 Å². The van der Waals surface area contributed by atoms with E-state index in [1.807, 2.05) is 19.1 Å². The predicted octanol–water partition coefficient (Wildman–Crippen LogP) is 2.26. The molecule has 0 unspecified atom stereocenters. The summed E-state index contributed by atoms with van der Waals surface area (Å²) in [7, 11) is -2.06. The molecule has 0 aliphatic carbocycles. The van der Waals surface area contributed by atoms with Crippen molar-refractivity contribution in [2.45, 2.75) is 37.8 Å². The molecule has 0 aliphatic rings. The van der Waals surface area contributed by atoms with Crippen LogP contribution < -0.4 is 10.0 Å². The van der Waals surface area contributed by atoms with Gasteiger partial charge >= 0.3 is 0 Å². The summed E-state index contributed by atoms with van der Waals surface area (Å²) in [6.07, 6.45) is 0. The van der Waals surface area contributed by atoms with Crippen molar-refractivity contribution < 1.29 is 13.2 Å². The summed E-state index contributed by atoms with van der Waals surface area (Å²) >= 11 is 3.34. The number of sulfonamides is 1. The third-order valence-corrected chi connectivity index (χ3v) is 5.46. The predicted molar refractivity (Wildman–Crippen MR) is 87.8 cm³/mol. The van der Waals surface area contributed by atoms with Crippen molar-refractivity contribution >= 4 is 26.0 Å². The molecule has 7 heteroatoms. The Balaban J connectivity index is 2.98. The van der Waals surface area contributed by atoms with Crippen molar-refractivity contribution in [3.63, 3.8) is 0 Å². The van der Waals surface area contributed by atoms with E-state index in [2.05, 4.69) is 26.0 Å². The Kier molecular flexibility index (Phi) is 6.80. The Bertz CT molecular complexity index is 574. The van der Waals surface area contributed by atoms with Crippen molar-refractivity contribution in [2.75, 3.05) is 20.3 Å². The summed E-state index contributed by atoms with van der Waals surface area (Å²) in [4.78, 5) is 0.229. The van der Waals surface area contributed by atoms with E-state index in [0.29, 0.717) is 17.6 Å². The lowest BCUT2D eigenvalue weighted by molar-refractivity contribution is 0.141. The Morgan fingerprint density at radius 3 is 2.52 bits per heavy atom. The minimum Gasteiger partial charge on any atom is -0.383 e. The molecule has 1 rings (SSSR count). The van der Waals surface area contributed by atoms with Crippen LogP contribution in [0.1, 0.15) is 26.3 Å². The number of nitrogens with one attached hydrogen (secondary N) is 2. The van der Waals surface area contributed by atoms with Gasteiger partial charge in [0.05, 0.1) is 17.0 Å². The average molecular weight is 379 g/mol. The van der Waals surface area contributed by atoms with Crippen LogP contribution in [0.25, 0.3) is 0 Å². The monoisotopic (exact) mass is 378 g/mol. The zero-order chi connectivity index (χ0) is 16.1. The topological polar surface area (TPSA) is 67.4 Å². The lowest BCUT2D eigenvalue weighted by atomic mass is 10.1. The fraction of sp³-hybridized carbons (Fsp3) is 0.571. The molecule has 0 saturated carbocycles. The van der Waals surface area contributed by atoms with Crippen LogP contribution in [-0.4, -0.2) is 34.2 Å². The summed E-state index contributed by atoms with van der Waals surface area (Å²) < 4.78 is 33.2. The highest BCUT2D eigenvalue weighted by Gasteiger charge is 2.27. The highest BCUT2D eigenvalue weighted by atomic mass is 79.9. The van der Waals surface area contributed by atoms with Gasteiger partial charge in [-0.2, -0.15) is 0 Å². The lowest BCUT2D eigenvalue weighted by Crippen LogP contribution is -2.46. The summed E-state index contributed by atoms with van der Waals surface area (Å²) in [6.45, 7) is 7.45. The van der Waals surface area contributed by atoms with Gasteiger partial charge in [-0.25, -0.2) is 13.1 Å². The molecule has 0 spiro atoms. The lowest BCUT2D eigenvalue weighted by Gasteiger charge is -2.25. The Labute approximate surface area is 135 Å². The largest absolute Gasteiger partial charge is 0.383 e. The van der Waals surface area contributed by atoms with Gasteiger partial charge < -0.3 is 10.1 Å². The van der Waals surface area contributed by atoms with Crippen LogP contribution in [0.5, 0.6) is 0 Å². The van der Waals surface area contributed by atoms with Crippen LogP contribution >= 0.6 is 15.9 Å². The van der Waals surface area contributed by atoms with Crippen molar-refractivity contribution in [3.8, 4) is 0 Å². The third-order valence-electron chi connectivity index (χ3n) is 2.78. The number of rotatable bonds is 8. The molecule has 0 aromatic heterocycles. The minimum atomic E-state index is -3.61. The minimum absolute atomic E-state index is 0.229. The van der Waals surface area contributed by atoms with Gasteiger partial charge in [-0.1, -0.05) is 13.0 Å². The van der Waals surface area contributed by atoms with Crippen LogP contribution in [0.4, 0.5) is 0 Å². The molecular formula is C14H23BrN2O3S. The standard InChI is InChI=1S/C14H23BrN2O3S/c1-5-16-9-11-6-7-13(12(15)8-11)21(18,19)17-14(2,3)10-20-4/h6-8,16-17H,5,9-10H2,1-4H3. The van der Waals surface area contributed by atoms with Gasteiger partial charge in [0.25, 0.3) is 0 Å². The van der Waals surface area contributed by atoms with Crippen molar-refractivity contribution in [1.29, 1.82) is 0 Å². The number of benzene rings is 1. The molecule has 120 valence electrons. The molecule has 5 nitrogen and oxygen atoms in total. The SMILES string of the molecule is CCNCc1ccc(S(=O)(=O)NC(C)(C)COC)c(Br)c1. The summed E-state index contributed by atoms with van der Waals surface area (Å²) in [5.74, 6) is 0. The van der Waals surface area contributed by atoms with E-state index in [-0.39, 0.29) is 4.90 Å². The normalized spacial score (nSPS) is 12.6. The van der Waals surface area contributed by atoms with Gasteiger partial charge in [-0.3, -0.25) is 0 Å². The Morgan fingerprint density at radius 1 is 1.33 bits per heavy atom. The van der Waals surface area contributed by atoms with E-state index in [1.165, 1.54) is 0 Å². The molecule has 0 fully saturated rings. The van der Waals surface area contributed by atoms with Gasteiger partial charge in [0.15, 0.2) is 0 Å². The van der Waals surface area contributed by atoms with Gasteiger partial charge in [0, 0.05) is 18.1 Å². The third kappa shape index (κ3) is 5.67. The van der Waals surface area contributed by atoms with Crippen LogP contribution in [0.15, 0.2) is 27.6 Å². The van der Waals surface area contributed by atoms with E-state index >= 15 is 0 Å². The van der Waals surface area contributed by atoms with Crippen molar-refractivity contribution in [1.82, 2.24) is 10.0 Å². The van der Waals surface area contributed by atoms with E-state index in [9.17, 15) is 8.42 Å². The molecule has 0 heterocycles. The maximum absolute atomic E-state index is 12.5. The fourth-order valence-electron chi connectivity index (χ4n) is 1.95. The molecular weight excluding hydrogens is 356 g/mol. The Hall–Kier alpha value is -0.470. The van der Waals surface area contributed by atoms with E-state index < -0.39 is 15.6 Å². The van der Waals surface area contributed by atoms with E-state index in [0.717, 1.165) is 12.1 Å². The molecule has 0 atom stereocenters. The molecule has 2 N–H and O–H groups in total. The molecule has 0 bridgehead atoms. The summed E-state index contributed by atoms with van der Waals surface area (Å²) in [5, 5.41) is 3.20. The van der Waals surface area contributed by atoms with Gasteiger partial charge in [-0.15, -0.1) is 0 Å². The number of halogens is 1. The van der Waals surface area contributed by atoms with Gasteiger partial charge in [0.1, 0.15) is 0 Å². The Morgan fingerprint density at radius 2 is 2.00 bits per heavy atom. The zero-order valence-corrected chi connectivity index (χ0v) is 15.3. The van der Waals surface area contributed by atoms with Crippen LogP contribution in [0, 0.1) is 0 Å². The molecule has 0 radical (unpaired) electrons. The number of ether oxygens (including phenoxy) is 1. The first-order valence-electron chi connectivity index (χ1n) is 6.74. The average Bonchev–Trinajstić information content (AvgIpc) is 2.34.